The molecule has 2 aromatic rings. The molecule has 2 rings (SSSR count). The van der Waals surface area contributed by atoms with Gasteiger partial charge in [0.15, 0.2) is 0 Å². The molecule has 0 radical (unpaired) electrons. The Morgan fingerprint density at radius 3 is 2.70 bits per heavy atom. The van der Waals surface area contributed by atoms with Crippen molar-refractivity contribution < 1.29 is 9.90 Å². The highest BCUT2D eigenvalue weighted by Crippen LogP contribution is 2.23. The van der Waals surface area contributed by atoms with Crippen LogP contribution in [0.2, 0.25) is 5.02 Å². The van der Waals surface area contributed by atoms with Gasteiger partial charge in [0.2, 0.25) is 0 Å². The lowest BCUT2D eigenvalue weighted by atomic mass is 10.1. The fourth-order valence-corrected chi connectivity index (χ4v) is 1.85. The fraction of sp³-hybridized carbons (Fsp3) is 0. The number of anilines is 2. The predicted octanol–water partition coefficient (Wildman–Crippen LogP) is 2.75. The van der Waals surface area contributed by atoms with Crippen molar-refractivity contribution in [1.82, 2.24) is 0 Å². The molecule has 20 heavy (non-hydrogen) atoms. The van der Waals surface area contributed by atoms with Gasteiger partial charge in [-0.05, 0) is 36.4 Å². The molecule has 0 heterocycles. The summed E-state index contributed by atoms with van der Waals surface area (Å²) in [5.74, 6) is -0.526. The van der Waals surface area contributed by atoms with Gasteiger partial charge < -0.3 is 16.2 Å². The van der Waals surface area contributed by atoms with Gasteiger partial charge in [0, 0.05) is 11.4 Å². The maximum Gasteiger partial charge on any atom is 0.257 e. The van der Waals surface area contributed by atoms with E-state index < -0.39 is 5.91 Å². The second-order valence-corrected chi connectivity index (χ2v) is 4.44. The number of hydrogen-bond donors (Lipinski definition) is 3. The molecule has 0 spiro atoms. The van der Waals surface area contributed by atoms with E-state index in [2.05, 4.69) is 5.32 Å². The number of amides is 1. The molecule has 0 aliphatic carbocycles. The van der Waals surface area contributed by atoms with Crippen LogP contribution in [-0.2, 0) is 0 Å². The number of aromatic hydroxyl groups is 1. The number of halogens is 1. The van der Waals surface area contributed by atoms with Crippen molar-refractivity contribution in [3.05, 3.63) is 52.5 Å². The first-order chi connectivity index (χ1) is 9.51. The number of nitrogens with zero attached hydrogens (tertiary/aromatic N) is 1. The summed E-state index contributed by atoms with van der Waals surface area (Å²) in [5.41, 5.74) is 6.84. The quantitative estimate of drug-likeness (QED) is 0.584. The molecule has 0 unspecified atom stereocenters. The number of phenolic OH excluding ortho intramolecular Hbond substituents is 1. The number of carbonyl (C=O) groups excluding carboxylic acids is 1. The van der Waals surface area contributed by atoms with E-state index in [1.165, 1.54) is 30.3 Å². The van der Waals surface area contributed by atoms with Crippen LogP contribution < -0.4 is 11.1 Å². The molecule has 0 bridgehead atoms. The molecule has 1 amide bonds. The van der Waals surface area contributed by atoms with Crippen molar-refractivity contribution in [2.75, 3.05) is 11.1 Å². The van der Waals surface area contributed by atoms with Gasteiger partial charge in [0.25, 0.3) is 5.91 Å². The Bertz CT molecular complexity index is 723. The number of nitrogens with two attached hydrogens (primary N) is 1. The largest absolute Gasteiger partial charge is 0.508 e. The Hall–Kier alpha value is -2.71. The van der Waals surface area contributed by atoms with E-state index in [0.717, 1.165) is 0 Å². The molecular weight excluding hydrogens is 278 g/mol. The van der Waals surface area contributed by atoms with Gasteiger partial charge in [0.05, 0.1) is 16.1 Å². The highest BCUT2D eigenvalue weighted by molar-refractivity contribution is 6.32. The smallest absolute Gasteiger partial charge is 0.257 e. The van der Waals surface area contributed by atoms with Crippen LogP contribution in [0, 0.1) is 11.3 Å². The van der Waals surface area contributed by atoms with E-state index in [1.807, 2.05) is 6.07 Å². The van der Waals surface area contributed by atoms with Crippen LogP contribution in [0.4, 0.5) is 11.4 Å². The number of phenols is 1. The zero-order chi connectivity index (χ0) is 14.7. The lowest BCUT2D eigenvalue weighted by Gasteiger charge is -2.08. The van der Waals surface area contributed by atoms with E-state index in [9.17, 15) is 9.90 Å². The summed E-state index contributed by atoms with van der Waals surface area (Å²) in [6, 6.07) is 10.6. The average Bonchev–Trinajstić information content (AvgIpc) is 2.41. The Morgan fingerprint density at radius 2 is 2.05 bits per heavy atom. The van der Waals surface area contributed by atoms with Gasteiger partial charge in [0.1, 0.15) is 11.8 Å². The average molecular weight is 288 g/mol. The number of nitrogens with one attached hydrogen (secondary N) is 1. The lowest BCUT2D eigenvalue weighted by Crippen LogP contribution is -2.14. The summed E-state index contributed by atoms with van der Waals surface area (Å²) in [6.45, 7) is 0. The summed E-state index contributed by atoms with van der Waals surface area (Å²) < 4.78 is 0. The van der Waals surface area contributed by atoms with Crippen LogP contribution in [0.25, 0.3) is 0 Å². The number of rotatable bonds is 2. The lowest BCUT2D eigenvalue weighted by molar-refractivity contribution is 0.102. The first-order valence-electron chi connectivity index (χ1n) is 5.61. The molecule has 6 heteroatoms. The number of nitriles is 1. The van der Waals surface area contributed by atoms with Crippen molar-refractivity contribution in [1.29, 1.82) is 5.26 Å². The molecule has 0 saturated heterocycles. The normalized spacial score (nSPS) is 9.80. The van der Waals surface area contributed by atoms with Gasteiger partial charge >= 0.3 is 0 Å². The maximum atomic E-state index is 12.0. The monoisotopic (exact) mass is 287 g/mol. The molecular formula is C14H10ClN3O2. The minimum absolute atomic E-state index is 0.0535. The van der Waals surface area contributed by atoms with Crippen molar-refractivity contribution in [3.8, 4) is 11.8 Å². The van der Waals surface area contributed by atoms with E-state index in [1.54, 1.807) is 6.07 Å². The Labute approximate surface area is 120 Å². The number of hydrogen-bond acceptors (Lipinski definition) is 4. The van der Waals surface area contributed by atoms with E-state index in [4.69, 9.17) is 22.6 Å². The first-order valence-corrected chi connectivity index (χ1v) is 5.98. The minimum atomic E-state index is -0.473. The van der Waals surface area contributed by atoms with Crippen LogP contribution in [0.3, 0.4) is 0 Å². The van der Waals surface area contributed by atoms with Gasteiger partial charge in [-0.3, -0.25) is 4.79 Å². The Morgan fingerprint density at radius 1 is 1.30 bits per heavy atom. The Balaban J connectivity index is 2.26. The van der Waals surface area contributed by atoms with Gasteiger partial charge in [-0.2, -0.15) is 5.26 Å². The second-order valence-electron chi connectivity index (χ2n) is 4.03. The molecule has 0 fully saturated rings. The highest BCUT2D eigenvalue weighted by atomic mass is 35.5. The van der Waals surface area contributed by atoms with Crippen molar-refractivity contribution in [2.45, 2.75) is 0 Å². The molecule has 5 nitrogen and oxygen atoms in total. The van der Waals surface area contributed by atoms with Crippen LogP contribution in [0.5, 0.6) is 5.75 Å². The predicted molar refractivity (Wildman–Crippen MR) is 76.6 cm³/mol. The summed E-state index contributed by atoms with van der Waals surface area (Å²) in [6.07, 6.45) is 0. The number of benzene rings is 2. The third-order valence-electron chi connectivity index (χ3n) is 2.63. The summed E-state index contributed by atoms with van der Waals surface area (Å²) in [7, 11) is 0. The molecule has 0 atom stereocenters. The van der Waals surface area contributed by atoms with E-state index in [0.29, 0.717) is 11.3 Å². The van der Waals surface area contributed by atoms with Crippen LogP contribution in [0.15, 0.2) is 36.4 Å². The highest BCUT2D eigenvalue weighted by Gasteiger charge is 2.11. The first kappa shape index (κ1) is 13.7. The number of carbonyl (C=O) groups is 1. The van der Waals surface area contributed by atoms with Crippen LogP contribution in [-0.4, -0.2) is 11.0 Å². The molecule has 0 aliphatic heterocycles. The zero-order valence-electron chi connectivity index (χ0n) is 10.2. The van der Waals surface area contributed by atoms with Gasteiger partial charge in [-0.1, -0.05) is 11.6 Å². The van der Waals surface area contributed by atoms with E-state index in [-0.39, 0.29) is 22.0 Å². The molecule has 0 aromatic heterocycles. The van der Waals surface area contributed by atoms with Gasteiger partial charge in [-0.25, -0.2) is 0 Å². The zero-order valence-corrected chi connectivity index (χ0v) is 11.0. The fourth-order valence-electron chi connectivity index (χ4n) is 1.62. The van der Waals surface area contributed by atoms with Crippen molar-refractivity contribution in [3.63, 3.8) is 0 Å². The summed E-state index contributed by atoms with van der Waals surface area (Å²) >= 11 is 5.88. The molecule has 4 N–H and O–H groups in total. The summed E-state index contributed by atoms with van der Waals surface area (Å²) in [4.78, 5) is 12.0. The molecule has 0 saturated carbocycles. The van der Waals surface area contributed by atoms with Gasteiger partial charge in [-0.15, -0.1) is 0 Å². The molecule has 2 aromatic carbocycles. The van der Waals surface area contributed by atoms with Crippen LogP contribution >= 0.6 is 11.6 Å². The molecule has 0 aliphatic rings. The van der Waals surface area contributed by atoms with Crippen LogP contribution in [0.1, 0.15) is 15.9 Å². The van der Waals surface area contributed by atoms with Crippen molar-refractivity contribution >= 4 is 28.9 Å². The van der Waals surface area contributed by atoms with E-state index >= 15 is 0 Å². The minimum Gasteiger partial charge on any atom is -0.508 e. The second kappa shape index (κ2) is 5.51. The molecule has 100 valence electrons. The summed E-state index contributed by atoms with van der Waals surface area (Å²) in [5, 5.41) is 21.0. The number of nitrogen functional groups attached to an aromatic ring is 1. The third kappa shape index (κ3) is 2.82. The SMILES string of the molecule is N#Cc1ccc(NC(=O)c2cc(O)ccc2N)cc1Cl. The standard InChI is InChI=1S/C14H10ClN3O2/c15-12-5-9(2-1-8(12)7-16)18-14(20)11-6-10(19)3-4-13(11)17/h1-6,19H,17H2,(H,18,20). The maximum absolute atomic E-state index is 12.0. The topological polar surface area (TPSA) is 99.1 Å². The third-order valence-corrected chi connectivity index (χ3v) is 2.94. The Kier molecular flexibility index (Phi) is 3.78. The van der Waals surface area contributed by atoms with Crippen molar-refractivity contribution in [2.24, 2.45) is 0 Å².